The van der Waals surface area contributed by atoms with Crippen molar-refractivity contribution in [3.8, 4) is 0 Å². The van der Waals surface area contributed by atoms with Crippen LogP contribution < -0.4 is 5.32 Å². The van der Waals surface area contributed by atoms with E-state index >= 15 is 0 Å². The van der Waals surface area contributed by atoms with Crippen molar-refractivity contribution >= 4 is 33.8 Å². The van der Waals surface area contributed by atoms with Crippen molar-refractivity contribution in [3.63, 3.8) is 0 Å². The Morgan fingerprint density at radius 2 is 2.11 bits per heavy atom. The van der Waals surface area contributed by atoms with Crippen LogP contribution in [0.5, 0.6) is 0 Å². The van der Waals surface area contributed by atoms with Crippen LogP contribution in [0.4, 0.5) is 5.69 Å². The fraction of sp³-hybridized carbons (Fsp3) is 0.133. The lowest BCUT2D eigenvalue weighted by Crippen LogP contribution is -2.11. The highest BCUT2D eigenvalue weighted by Gasteiger charge is 2.12. The van der Waals surface area contributed by atoms with E-state index in [-0.39, 0.29) is 5.91 Å². The van der Waals surface area contributed by atoms with Gasteiger partial charge in [0.15, 0.2) is 0 Å². The Hall–Kier alpha value is -2.07. The summed E-state index contributed by atoms with van der Waals surface area (Å²) < 4.78 is 0. The minimum atomic E-state index is -0.0427. The second-order valence-electron chi connectivity index (χ2n) is 4.61. The molecule has 0 aliphatic rings. The number of fused-ring (bicyclic) bond motifs is 1. The number of nitrogens with one attached hydrogen (secondary N) is 2. The number of H-pyrrole nitrogens is 1. The molecule has 0 spiro atoms. The monoisotopic (exact) mass is 270 g/mol. The summed E-state index contributed by atoms with van der Waals surface area (Å²) in [6.07, 6.45) is 0. The number of carbonyl (C=O) groups excluding carboxylic acids is 1. The average Bonchev–Trinajstić information content (AvgIpc) is 2.94. The number of aryl methyl sites for hydroxylation is 2. The maximum Gasteiger partial charge on any atom is 0.266 e. The van der Waals surface area contributed by atoms with Crippen molar-refractivity contribution in [1.82, 2.24) is 4.98 Å². The molecule has 0 aliphatic carbocycles. The van der Waals surface area contributed by atoms with Gasteiger partial charge >= 0.3 is 0 Å². The highest BCUT2D eigenvalue weighted by Crippen LogP contribution is 2.25. The first kappa shape index (κ1) is 12.0. The summed E-state index contributed by atoms with van der Waals surface area (Å²) in [5, 5.41) is 5.97. The Morgan fingerprint density at radius 1 is 1.26 bits per heavy atom. The van der Waals surface area contributed by atoms with E-state index in [1.807, 2.05) is 49.6 Å². The van der Waals surface area contributed by atoms with Crippen LogP contribution in [0.25, 0.3) is 10.9 Å². The summed E-state index contributed by atoms with van der Waals surface area (Å²) in [5.41, 5.74) is 3.99. The van der Waals surface area contributed by atoms with E-state index in [0.717, 1.165) is 32.7 Å². The van der Waals surface area contributed by atoms with Gasteiger partial charge in [-0.25, -0.2) is 0 Å². The molecule has 1 aromatic carbocycles. The zero-order valence-electron chi connectivity index (χ0n) is 10.8. The Bertz CT molecular complexity index is 754. The zero-order valence-corrected chi connectivity index (χ0v) is 11.6. The topological polar surface area (TPSA) is 44.9 Å². The van der Waals surface area contributed by atoms with Crippen LogP contribution in [0, 0.1) is 13.8 Å². The molecule has 0 aliphatic heterocycles. The van der Waals surface area contributed by atoms with Crippen molar-refractivity contribution in [1.29, 1.82) is 0 Å². The van der Waals surface area contributed by atoms with Gasteiger partial charge in [0.25, 0.3) is 5.91 Å². The van der Waals surface area contributed by atoms with Crippen LogP contribution in [0.3, 0.4) is 0 Å². The maximum atomic E-state index is 12.2. The molecule has 0 radical (unpaired) electrons. The van der Waals surface area contributed by atoms with Crippen LogP contribution in [-0.4, -0.2) is 10.9 Å². The number of rotatable bonds is 2. The molecule has 2 heterocycles. The predicted octanol–water partition coefficient (Wildman–Crippen LogP) is 4.10. The van der Waals surface area contributed by atoms with Gasteiger partial charge in [0, 0.05) is 16.6 Å². The SMILES string of the molecule is Cc1cc2c(NC(=O)c3sccc3C)cccc2[nH]1. The van der Waals surface area contributed by atoms with Gasteiger partial charge in [-0.2, -0.15) is 0 Å². The van der Waals surface area contributed by atoms with Crippen LogP contribution >= 0.6 is 11.3 Å². The van der Waals surface area contributed by atoms with E-state index < -0.39 is 0 Å². The van der Waals surface area contributed by atoms with E-state index in [1.165, 1.54) is 11.3 Å². The quantitative estimate of drug-likeness (QED) is 0.723. The van der Waals surface area contributed by atoms with Crippen LogP contribution in [0.2, 0.25) is 0 Å². The second-order valence-corrected chi connectivity index (χ2v) is 5.52. The molecule has 0 unspecified atom stereocenters. The summed E-state index contributed by atoms with van der Waals surface area (Å²) in [4.78, 5) is 16.3. The number of benzene rings is 1. The number of carbonyl (C=O) groups is 1. The minimum Gasteiger partial charge on any atom is -0.359 e. The molecule has 2 aromatic heterocycles. The van der Waals surface area contributed by atoms with Crippen LogP contribution in [-0.2, 0) is 0 Å². The third-order valence-corrected chi connectivity index (χ3v) is 4.13. The molecule has 3 nitrogen and oxygen atoms in total. The van der Waals surface area contributed by atoms with Crippen molar-refractivity contribution < 1.29 is 4.79 Å². The van der Waals surface area contributed by atoms with E-state index in [4.69, 9.17) is 0 Å². The largest absolute Gasteiger partial charge is 0.359 e. The van der Waals surface area contributed by atoms with Gasteiger partial charge < -0.3 is 10.3 Å². The smallest absolute Gasteiger partial charge is 0.266 e. The molecular formula is C15H14N2OS. The molecule has 1 amide bonds. The summed E-state index contributed by atoms with van der Waals surface area (Å²) in [6, 6.07) is 9.88. The molecule has 3 rings (SSSR count). The van der Waals surface area contributed by atoms with E-state index in [0.29, 0.717) is 0 Å². The standard InChI is InChI=1S/C15H14N2OS/c1-9-6-7-19-14(9)15(18)17-13-5-3-4-12-11(13)8-10(2)16-12/h3-8,16H,1-2H3,(H,17,18). The number of thiophene rings is 1. The normalized spacial score (nSPS) is 10.8. The van der Waals surface area contributed by atoms with Gasteiger partial charge in [0.1, 0.15) is 0 Å². The summed E-state index contributed by atoms with van der Waals surface area (Å²) >= 11 is 1.47. The van der Waals surface area contributed by atoms with Gasteiger partial charge in [-0.1, -0.05) is 6.07 Å². The molecule has 3 aromatic rings. The van der Waals surface area contributed by atoms with E-state index in [2.05, 4.69) is 10.3 Å². The Kier molecular flexibility index (Phi) is 2.87. The van der Waals surface area contributed by atoms with Crippen LogP contribution in [0.1, 0.15) is 20.9 Å². The number of anilines is 1. The van der Waals surface area contributed by atoms with Gasteiger partial charge in [-0.15, -0.1) is 11.3 Å². The van der Waals surface area contributed by atoms with Crippen molar-refractivity contribution in [2.24, 2.45) is 0 Å². The molecule has 0 fully saturated rings. The van der Waals surface area contributed by atoms with Crippen molar-refractivity contribution in [2.45, 2.75) is 13.8 Å². The molecule has 96 valence electrons. The number of amides is 1. The zero-order chi connectivity index (χ0) is 13.4. The first-order valence-corrected chi connectivity index (χ1v) is 6.97. The fourth-order valence-corrected chi connectivity index (χ4v) is 3.01. The molecular weight excluding hydrogens is 256 g/mol. The van der Waals surface area contributed by atoms with Gasteiger partial charge in [0.05, 0.1) is 10.6 Å². The highest BCUT2D eigenvalue weighted by atomic mass is 32.1. The van der Waals surface area contributed by atoms with Crippen molar-refractivity contribution in [2.75, 3.05) is 5.32 Å². The lowest BCUT2D eigenvalue weighted by molar-refractivity contribution is 0.103. The van der Waals surface area contributed by atoms with E-state index in [9.17, 15) is 4.79 Å². The minimum absolute atomic E-state index is 0.0427. The molecule has 19 heavy (non-hydrogen) atoms. The molecule has 0 saturated carbocycles. The lowest BCUT2D eigenvalue weighted by atomic mass is 10.2. The predicted molar refractivity (Wildman–Crippen MR) is 80.0 cm³/mol. The van der Waals surface area contributed by atoms with Gasteiger partial charge in [0.2, 0.25) is 0 Å². The second kappa shape index (κ2) is 4.55. The summed E-state index contributed by atoms with van der Waals surface area (Å²) in [6.45, 7) is 3.96. The number of aromatic nitrogens is 1. The van der Waals surface area contributed by atoms with Gasteiger partial charge in [-0.3, -0.25) is 4.79 Å². The molecule has 0 saturated heterocycles. The molecule has 0 bridgehead atoms. The third kappa shape index (κ3) is 2.15. The third-order valence-electron chi connectivity index (χ3n) is 3.12. The summed E-state index contributed by atoms with van der Waals surface area (Å²) in [7, 11) is 0. The van der Waals surface area contributed by atoms with Crippen molar-refractivity contribution in [3.05, 3.63) is 51.8 Å². The molecule has 4 heteroatoms. The Labute approximate surface area is 115 Å². The average molecular weight is 270 g/mol. The highest BCUT2D eigenvalue weighted by molar-refractivity contribution is 7.12. The lowest BCUT2D eigenvalue weighted by Gasteiger charge is -2.06. The molecule has 2 N–H and O–H groups in total. The fourth-order valence-electron chi connectivity index (χ4n) is 2.19. The Morgan fingerprint density at radius 3 is 2.84 bits per heavy atom. The first-order valence-electron chi connectivity index (χ1n) is 6.09. The first-order chi connectivity index (χ1) is 9.15. The number of hydrogen-bond donors (Lipinski definition) is 2. The maximum absolute atomic E-state index is 12.2. The Balaban J connectivity index is 1.98. The molecule has 0 atom stereocenters. The summed E-state index contributed by atoms with van der Waals surface area (Å²) in [5.74, 6) is -0.0427. The number of hydrogen-bond acceptors (Lipinski definition) is 2. The number of aromatic amines is 1. The van der Waals surface area contributed by atoms with Crippen LogP contribution in [0.15, 0.2) is 35.7 Å². The van der Waals surface area contributed by atoms with E-state index in [1.54, 1.807) is 0 Å². The van der Waals surface area contributed by atoms with Gasteiger partial charge in [-0.05, 0) is 49.1 Å².